The molecule has 7 nitrogen and oxygen atoms in total. The number of hydrogen-bond donors (Lipinski definition) is 2. The Morgan fingerprint density at radius 2 is 2.00 bits per heavy atom. The minimum Gasteiger partial charge on any atom is -0.338 e. The van der Waals surface area contributed by atoms with Crippen LogP contribution in [0.5, 0.6) is 0 Å². The number of nitrogens with one attached hydrogen (secondary N) is 2. The average molecular weight is 445 g/mol. The van der Waals surface area contributed by atoms with Crippen LogP contribution in [0.1, 0.15) is 54.9 Å². The molecule has 0 saturated carbocycles. The molecule has 1 saturated heterocycles. The Morgan fingerprint density at radius 3 is 2.70 bits per heavy atom. The van der Waals surface area contributed by atoms with Crippen LogP contribution in [0.3, 0.4) is 0 Å². The van der Waals surface area contributed by atoms with Gasteiger partial charge in [0.25, 0.3) is 0 Å². The molecule has 2 N–H and O–H groups in total. The Balaban J connectivity index is 1.48. The van der Waals surface area contributed by atoms with Crippen LogP contribution in [0.15, 0.2) is 47.6 Å². The van der Waals surface area contributed by atoms with Gasteiger partial charge in [-0.3, -0.25) is 5.01 Å². The van der Waals surface area contributed by atoms with E-state index in [-0.39, 0.29) is 12.2 Å². The maximum Gasteiger partial charge on any atom is 0.319 e. The number of nitriles is 1. The largest absolute Gasteiger partial charge is 0.338 e. The Bertz CT molecular complexity index is 1080. The second-order valence-electron chi connectivity index (χ2n) is 9.38. The standard InChI is InChI=1S/C26H32N6O/c1-17(2)16-28-26(33)29-23-13-22(8-5-18(23)3)25-30-31(4)24-14-21(11-12-32(24)25)20-9-6-19(15-27)7-10-20/h5-10,13,17,21,24H,11-12,14,16H2,1-4H3,(H2,28,29,33). The fourth-order valence-corrected chi connectivity index (χ4v) is 4.53. The highest BCUT2D eigenvalue weighted by Crippen LogP contribution is 2.36. The van der Waals surface area contributed by atoms with Gasteiger partial charge in [-0.25, -0.2) is 4.79 Å². The van der Waals surface area contributed by atoms with Crippen molar-refractivity contribution in [3.8, 4) is 6.07 Å². The predicted molar refractivity (Wildman–Crippen MR) is 131 cm³/mol. The van der Waals surface area contributed by atoms with Crippen molar-refractivity contribution < 1.29 is 4.79 Å². The number of benzene rings is 2. The summed E-state index contributed by atoms with van der Waals surface area (Å²) in [5.41, 5.74) is 4.80. The van der Waals surface area contributed by atoms with Gasteiger partial charge in [0.1, 0.15) is 6.17 Å². The molecule has 2 amide bonds. The zero-order valence-corrected chi connectivity index (χ0v) is 19.8. The lowest BCUT2D eigenvalue weighted by molar-refractivity contribution is 0.108. The number of nitrogens with zero attached hydrogens (tertiary/aromatic N) is 4. The highest BCUT2D eigenvalue weighted by molar-refractivity contribution is 6.01. The van der Waals surface area contributed by atoms with Crippen LogP contribution >= 0.6 is 0 Å². The van der Waals surface area contributed by atoms with Crippen LogP contribution in [-0.2, 0) is 0 Å². The van der Waals surface area contributed by atoms with Crippen molar-refractivity contribution in [2.45, 2.75) is 45.7 Å². The normalized spacial score (nSPS) is 19.7. The molecule has 2 heterocycles. The number of urea groups is 1. The maximum absolute atomic E-state index is 12.3. The Morgan fingerprint density at radius 1 is 1.24 bits per heavy atom. The Kier molecular flexibility index (Phi) is 6.55. The van der Waals surface area contributed by atoms with Gasteiger partial charge in [0.15, 0.2) is 5.84 Å². The van der Waals surface area contributed by atoms with E-state index in [9.17, 15) is 4.79 Å². The lowest BCUT2D eigenvalue weighted by atomic mass is 9.87. The number of anilines is 1. The second-order valence-corrected chi connectivity index (χ2v) is 9.38. The topological polar surface area (TPSA) is 83.8 Å². The molecule has 2 aromatic rings. The van der Waals surface area contributed by atoms with Crippen LogP contribution in [0.4, 0.5) is 10.5 Å². The third-order valence-corrected chi connectivity index (χ3v) is 6.46. The molecule has 4 rings (SSSR count). The van der Waals surface area contributed by atoms with Crippen LogP contribution in [0.25, 0.3) is 0 Å². The number of hydrazone groups is 1. The lowest BCUT2D eigenvalue weighted by Gasteiger charge is -2.38. The molecule has 0 aliphatic carbocycles. The average Bonchev–Trinajstić information content (AvgIpc) is 3.15. The predicted octanol–water partition coefficient (Wildman–Crippen LogP) is 4.46. The number of fused-ring (bicyclic) bond motifs is 1. The Labute approximate surface area is 196 Å². The molecule has 0 radical (unpaired) electrons. The first-order valence-electron chi connectivity index (χ1n) is 11.6. The van der Waals surface area contributed by atoms with E-state index in [1.54, 1.807) is 0 Å². The lowest BCUT2D eigenvalue weighted by Crippen LogP contribution is -2.46. The molecule has 2 aliphatic rings. The molecule has 2 atom stereocenters. The number of amidine groups is 1. The summed E-state index contributed by atoms with van der Waals surface area (Å²) in [6.07, 6.45) is 2.20. The summed E-state index contributed by atoms with van der Waals surface area (Å²) in [7, 11) is 2.03. The zero-order valence-electron chi connectivity index (χ0n) is 19.8. The van der Waals surface area contributed by atoms with Gasteiger partial charge >= 0.3 is 6.03 Å². The molecule has 2 aromatic carbocycles. The fourth-order valence-electron chi connectivity index (χ4n) is 4.53. The van der Waals surface area contributed by atoms with Crippen molar-refractivity contribution in [1.82, 2.24) is 15.2 Å². The van der Waals surface area contributed by atoms with Gasteiger partial charge in [-0.2, -0.15) is 10.4 Å². The van der Waals surface area contributed by atoms with E-state index in [2.05, 4.69) is 53.6 Å². The van der Waals surface area contributed by atoms with Crippen molar-refractivity contribution in [2.24, 2.45) is 11.0 Å². The minimum absolute atomic E-state index is 0.185. The van der Waals surface area contributed by atoms with Crippen LogP contribution in [0, 0.1) is 24.2 Å². The summed E-state index contributed by atoms with van der Waals surface area (Å²) in [6.45, 7) is 7.68. The number of hydrogen-bond acceptors (Lipinski definition) is 5. The van der Waals surface area contributed by atoms with Gasteiger partial charge in [-0.05, 0) is 60.9 Å². The summed E-state index contributed by atoms with van der Waals surface area (Å²) >= 11 is 0. The number of rotatable bonds is 5. The summed E-state index contributed by atoms with van der Waals surface area (Å²) in [5, 5.41) is 21.9. The van der Waals surface area contributed by atoms with Crippen LogP contribution in [0.2, 0.25) is 0 Å². The molecule has 2 aliphatic heterocycles. The van der Waals surface area contributed by atoms with E-state index in [1.807, 2.05) is 43.2 Å². The molecular formula is C26H32N6O. The van der Waals surface area contributed by atoms with Crippen molar-refractivity contribution in [1.29, 1.82) is 5.26 Å². The molecule has 2 unspecified atom stereocenters. The number of piperidine rings is 1. The van der Waals surface area contributed by atoms with E-state index >= 15 is 0 Å². The third kappa shape index (κ3) is 4.95. The first kappa shape index (κ1) is 22.7. The van der Waals surface area contributed by atoms with Crippen molar-refractivity contribution in [3.63, 3.8) is 0 Å². The Hall–Kier alpha value is -3.53. The van der Waals surface area contributed by atoms with E-state index in [4.69, 9.17) is 10.4 Å². The number of amides is 2. The van der Waals surface area contributed by atoms with Gasteiger partial charge in [0.05, 0.1) is 11.6 Å². The first-order chi connectivity index (χ1) is 15.9. The van der Waals surface area contributed by atoms with Crippen molar-refractivity contribution in [3.05, 3.63) is 64.7 Å². The molecule has 0 aromatic heterocycles. The van der Waals surface area contributed by atoms with Crippen LogP contribution < -0.4 is 10.6 Å². The summed E-state index contributed by atoms with van der Waals surface area (Å²) < 4.78 is 0. The number of aryl methyl sites for hydroxylation is 1. The molecule has 7 heteroatoms. The third-order valence-electron chi connectivity index (χ3n) is 6.46. The molecule has 33 heavy (non-hydrogen) atoms. The monoisotopic (exact) mass is 444 g/mol. The number of carbonyl (C=O) groups is 1. The highest BCUT2D eigenvalue weighted by atomic mass is 16.2. The van der Waals surface area contributed by atoms with E-state index in [0.717, 1.165) is 42.0 Å². The van der Waals surface area contributed by atoms with Gasteiger partial charge in [-0.15, -0.1) is 0 Å². The summed E-state index contributed by atoms with van der Waals surface area (Å²) in [4.78, 5) is 14.7. The number of carbonyl (C=O) groups excluding carboxylic acids is 1. The molecule has 0 bridgehead atoms. The molecule has 172 valence electrons. The highest BCUT2D eigenvalue weighted by Gasteiger charge is 2.38. The summed E-state index contributed by atoms with van der Waals surface area (Å²) in [5.74, 6) is 1.79. The smallest absolute Gasteiger partial charge is 0.319 e. The summed E-state index contributed by atoms with van der Waals surface area (Å²) in [6, 6.07) is 16.1. The van der Waals surface area contributed by atoms with Gasteiger partial charge in [-0.1, -0.05) is 38.1 Å². The van der Waals surface area contributed by atoms with Crippen molar-refractivity contribution >= 4 is 17.6 Å². The quantitative estimate of drug-likeness (QED) is 0.713. The molecule has 0 spiro atoms. The van der Waals surface area contributed by atoms with E-state index in [1.165, 1.54) is 5.56 Å². The van der Waals surface area contributed by atoms with Gasteiger partial charge in [0, 0.05) is 31.4 Å². The van der Waals surface area contributed by atoms with E-state index in [0.29, 0.717) is 23.9 Å². The van der Waals surface area contributed by atoms with Crippen molar-refractivity contribution in [2.75, 3.05) is 25.5 Å². The van der Waals surface area contributed by atoms with Crippen LogP contribution in [-0.4, -0.2) is 48.1 Å². The van der Waals surface area contributed by atoms with Gasteiger partial charge < -0.3 is 15.5 Å². The second kappa shape index (κ2) is 9.53. The molecular weight excluding hydrogens is 412 g/mol. The first-order valence-corrected chi connectivity index (χ1v) is 11.6. The SMILES string of the molecule is Cc1ccc(C2=NN(C)C3CC(c4ccc(C#N)cc4)CCN23)cc1NC(=O)NCC(C)C. The maximum atomic E-state index is 12.3. The fraction of sp³-hybridized carbons (Fsp3) is 0.423. The molecule has 1 fully saturated rings. The van der Waals surface area contributed by atoms with Gasteiger partial charge in [0.2, 0.25) is 0 Å². The minimum atomic E-state index is -0.185. The van der Waals surface area contributed by atoms with E-state index < -0.39 is 0 Å². The zero-order chi connectivity index (χ0) is 23.5.